The molecular weight excluding hydrogens is 366 g/mol. The summed E-state index contributed by atoms with van der Waals surface area (Å²) < 4.78 is 5.93. The van der Waals surface area contributed by atoms with Crippen LogP contribution in [0.25, 0.3) is 11.1 Å². The first-order valence-corrected chi connectivity index (χ1v) is 10.3. The molecule has 2 aliphatic carbocycles. The van der Waals surface area contributed by atoms with Crippen LogP contribution in [0, 0.1) is 17.2 Å². The van der Waals surface area contributed by atoms with Crippen molar-refractivity contribution in [1.29, 1.82) is 5.26 Å². The molecule has 1 heterocycles. The summed E-state index contributed by atoms with van der Waals surface area (Å²) in [5.41, 5.74) is 2.57. The van der Waals surface area contributed by atoms with Gasteiger partial charge in [0, 0.05) is 11.8 Å². The molecule has 4 rings (SSSR count). The lowest BCUT2D eigenvalue weighted by Crippen LogP contribution is -2.45. The fourth-order valence-corrected chi connectivity index (χ4v) is 3.64. The Labute approximate surface area is 170 Å². The van der Waals surface area contributed by atoms with Crippen LogP contribution in [0.1, 0.15) is 54.4 Å². The minimum atomic E-state index is -0.500. The Hall–Kier alpha value is -2.91. The third-order valence-corrected chi connectivity index (χ3v) is 5.64. The number of nitriles is 1. The molecule has 1 aromatic heterocycles. The molecule has 150 valence electrons. The predicted molar refractivity (Wildman–Crippen MR) is 108 cm³/mol. The average Bonchev–Trinajstić information content (AvgIpc) is 3.58. The molecule has 2 fully saturated rings. The molecule has 0 aliphatic heterocycles. The molecule has 2 aromatic rings. The maximum Gasteiger partial charge on any atom is 0.253 e. The number of benzene rings is 1. The third-order valence-electron chi connectivity index (χ3n) is 5.64. The molecule has 0 bridgehead atoms. The highest BCUT2D eigenvalue weighted by Crippen LogP contribution is 2.33. The Morgan fingerprint density at radius 1 is 1.21 bits per heavy atom. The highest BCUT2D eigenvalue weighted by atomic mass is 16.5. The van der Waals surface area contributed by atoms with Gasteiger partial charge < -0.3 is 15.2 Å². The van der Waals surface area contributed by atoms with Crippen LogP contribution in [-0.2, 0) is 0 Å². The molecule has 6 nitrogen and oxygen atoms in total. The van der Waals surface area contributed by atoms with E-state index in [1.54, 1.807) is 18.2 Å². The number of aliphatic hydroxyl groups excluding tert-OH is 1. The van der Waals surface area contributed by atoms with Crippen molar-refractivity contribution in [2.24, 2.45) is 5.92 Å². The van der Waals surface area contributed by atoms with E-state index in [0.29, 0.717) is 36.0 Å². The molecule has 0 radical (unpaired) electrons. The van der Waals surface area contributed by atoms with Gasteiger partial charge in [0.2, 0.25) is 5.88 Å². The summed E-state index contributed by atoms with van der Waals surface area (Å²) in [6.07, 6.45) is 6.88. The van der Waals surface area contributed by atoms with E-state index in [9.17, 15) is 9.90 Å². The average molecular weight is 391 g/mol. The maximum absolute atomic E-state index is 12.8. The first-order valence-electron chi connectivity index (χ1n) is 10.3. The Morgan fingerprint density at radius 3 is 2.66 bits per heavy atom. The molecule has 0 spiro atoms. The smallest absolute Gasteiger partial charge is 0.253 e. The molecule has 2 saturated carbocycles. The zero-order valence-electron chi connectivity index (χ0n) is 16.3. The van der Waals surface area contributed by atoms with Crippen molar-refractivity contribution < 1.29 is 14.6 Å². The van der Waals surface area contributed by atoms with E-state index >= 15 is 0 Å². The van der Waals surface area contributed by atoms with Gasteiger partial charge in [-0.1, -0.05) is 25.0 Å². The highest BCUT2D eigenvalue weighted by Gasteiger charge is 2.26. The van der Waals surface area contributed by atoms with Gasteiger partial charge in [0.15, 0.2) is 0 Å². The van der Waals surface area contributed by atoms with Crippen LogP contribution in [0.4, 0.5) is 0 Å². The van der Waals surface area contributed by atoms with Crippen molar-refractivity contribution in [3.63, 3.8) is 0 Å². The second-order valence-corrected chi connectivity index (χ2v) is 7.95. The van der Waals surface area contributed by atoms with Crippen LogP contribution in [-0.4, -0.2) is 34.8 Å². The van der Waals surface area contributed by atoms with E-state index in [2.05, 4.69) is 16.4 Å². The second kappa shape index (κ2) is 8.62. The number of rotatable bonds is 6. The van der Waals surface area contributed by atoms with E-state index in [1.807, 2.05) is 12.1 Å². The number of hydrogen-bond acceptors (Lipinski definition) is 5. The van der Waals surface area contributed by atoms with Gasteiger partial charge >= 0.3 is 0 Å². The van der Waals surface area contributed by atoms with Crippen LogP contribution in [0.3, 0.4) is 0 Å². The zero-order valence-corrected chi connectivity index (χ0v) is 16.3. The number of aromatic nitrogens is 1. The summed E-state index contributed by atoms with van der Waals surface area (Å²) in [6.45, 7) is 0.621. The number of nitrogens with zero attached hydrogens (tertiary/aromatic N) is 2. The second-order valence-electron chi connectivity index (χ2n) is 7.95. The normalized spacial score (nSPS) is 21.2. The van der Waals surface area contributed by atoms with Gasteiger partial charge in [-0.2, -0.15) is 5.26 Å². The largest absolute Gasteiger partial charge is 0.477 e. The molecule has 0 unspecified atom stereocenters. The Kier molecular flexibility index (Phi) is 5.77. The molecule has 0 saturated heterocycles. The lowest BCUT2D eigenvalue weighted by Gasteiger charge is -2.28. The number of nitrogens with one attached hydrogen (secondary N) is 1. The summed E-state index contributed by atoms with van der Waals surface area (Å²) in [5.74, 6) is 0.837. The minimum absolute atomic E-state index is 0.222. The number of hydrogen-bond donors (Lipinski definition) is 2. The van der Waals surface area contributed by atoms with Crippen molar-refractivity contribution >= 4 is 5.91 Å². The lowest BCUT2D eigenvalue weighted by molar-refractivity contribution is 0.0717. The Balaban J connectivity index is 1.59. The summed E-state index contributed by atoms with van der Waals surface area (Å²) in [6, 6.07) is 10.8. The van der Waals surface area contributed by atoms with Crippen molar-refractivity contribution in [3.8, 4) is 23.1 Å². The van der Waals surface area contributed by atoms with Crippen LogP contribution in [0.2, 0.25) is 0 Å². The fourth-order valence-electron chi connectivity index (χ4n) is 3.64. The summed E-state index contributed by atoms with van der Waals surface area (Å²) in [5, 5.41) is 22.1. The van der Waals surface area contributed by atoms with Crippen LogP contribution < -0.4 is 10.1 Å². The van der Waals surface area contributed by atoms with Crippen molar-refractivity contribution in [3.05, 3.63) is 47.7 Å². The van der Waals surface area contributed by atoms with Gasteiger partial charge in [0.05, 0.1) is 35.9 Å². The SMILES string of the molecule is N#Cc1ccc(-c2cc(C(=O)N[C@H]3CCCC[C@@H]3O)cnc2OCC2CC2)cc1. The number of amides is 1. The summed E-state index contributed by atoms with van der Waals surface area (Å²) in [4.78, 5) is 17.2. The van der Waals surface area contributed by atoms with Crippen LogP contribution in [0.15, 0.2) is 36.5 Å². The minimum Gasteiger partial charge on any atom is -0.477 e. The number of aliphatic hydroxyl groups is 1. The molecular formula is C23H25N3O3. The lowest BCUT2D eigenvalue weighted by atomic mass is 9.92. The summed E-state index contributed by atoms with van der Waals surface area (Å²) >= 11 is 0. The van der Waals surface area contributed by atoms with Gasteiger partial charge in [-0.25, -0.2) is 4.98 Å². The predicted octanol–water partition coefficient (Wildman–Crippen LogP) is 3.44. The fraction of sp³-hybridized carbons (Fsp3) is 0.435. The Morgan fingerprint density at radius 2 is 1.97 bits per heavy atom. The molecule has 2 N–H and O–H groups in total. The third kappa shape index (κ3) is 4.75. The van der Waals surface area contributed by atoms with Gasteiger partial charge in [-0.15, -0.1) is 0 Å². The molecule has 29 heavy (non-hydrogen) atoms. The number of pyridine rings is 1. The standard InChI is InChI=1S/C23H25N3O3/c24-12-15-7-9-17(10-8-15)19-11-18(13-25-23(19)29-14-16-5-6-16)22(28)26-20-3-1-2-4-21(20)27/h7-11,13,16,20-21,27H,1-6,14H2,(H,26,28)/t20-,21-/m0/s1. The Bertz CT molecular complexity index is 916. The summed E-state index contributed by atoms with van der Waals surface area (Å²) in [7, 11) is 0. The van der Waals surface area contributed by atoms with Crippen LogP contribution >= 0.6 is 0 Å². The van der Waals surface area contributed by atoms with E-state index in [1.165, 1.54) is 19.0 Å². The van der Waals surface area contributed by atoms with Gasteiger partial charge in [0.1, 0.15) is 0 Å². The quantitative estimate of drug-likeness (QED) is 0.786. The number of carbonyl (C=O) groups is 1. The first-order chi connectivity index (χ1) is 14.1. The van der Waals surface area contributed by atoms with E-state index in [4.69, 9.17) is 10.00 Å². The molecule has 1 amide bonds. The topological polar surface area (TPSA) is 95.2 Å². The zero-order chi connectivity index (χ0) is 20.2. The van der Waals surface area contributed by atoms with Crippen LogP contribution in [0.5, 0.6) is 5.88 Å². The highest BCUT2D eigenvalue weighted by molar-refractivity contribution is 5.95. The maximum atomic E-state index is 12.8. The van der Waals surface area contributed by atoms with Gasteiger partial charge in [-0.3, -0.25) is 4.79 Å². The molecule has 6 heteroatoms. The van der Waals surface area contributed by atoms with E-state index in [-0.39, 0.29) is 11.9 Å². The van der Waals surface area contributed by atoms with Gasteiger partial charge in [0.25, 0.3) is 5.91 Å². The molecule has 2 atom stereocenters. The van der Waals surface area contributed by atoms with E-state index < -0.39 is 6.10 Å². The molecule has 2 aliphatic rings. The van der Waals surface area contributed by atoms with E-state index in [0.717, 1.165) is 30.4 Å². The monoisotopic (exact) mass is 391 g/mol. The first kappa shape index (κ1) is 19.4. The van der Waals surface area contributed by atoms with Crippen molar-refractivity contribution in [2.45, 2.75) is 50.7 Å². The van der Waals surface area contributed by atoms with Gasteiger partial charge in [-0.05, 0) is 55.4 Å². The van der Waals surface area contributed by atoms with Crippen molar-refractivity contribution in [2.75, 3.05) is 6.61 Å². The number of ether oxygens (including phenoxy) is 1. The van der Waals surface area contributed by atoms with Crippen molar-refractivity contribution in [1.82, 2.24) is 10.3 Å². The number of carbonyl (C=O) groups excluding carboxylic acids is 1. The molecule has 1 aromatic carbocycles.